The van der Waals surface area contributed by atoms with Crippen LogP contribution in [0.2, 0.25) is 0 Å². The summed E-state index contributed by atoms with van der Waals surface area (Å²) in [7, 11) is 0. The second kappa shape index (κ2) is 39.1. The van der Waals surface area contributed by atoms with Crippen LogP contribution in [-0.4, -0.2) is 37.2 Å². The van der Waals surface area contributed by atoms with Gasteiger partial charge in [0, 0.05) is 19.3 Å². The van der Waals surface area contributed by atoms with Crippen LogP contribution in [0.4, 0.5) is 0 Å². The Bertz CT molecular complexity index is 794. The Morgan fingerprint density at radius 3 is 0.942 bits per heavy atom. The Kier molecular flexibility index (Phi) is 37.9. The van der Waals surface area contributed by atoms with E-state index in [0.717, 1.165) is 69.6 Å². The zero-order valence-corrected chi connectivity index (χ0v) is 35.4. The highest BCUT2D eigenvalue weighted by molar-refractivity contribution is 5.71. The average molecular weight is 737 g/mol. The van der Waals surface area contributed by atoms with Gasteiger partial charge in [0.1, 0.15) is 13.2 Å². The minimum absolute atomic E-state index is 0.0659. The van der Waals surface area contributed by atoms with Gasteiger partial charge in [-0.1, -0.05) is 208 Å². The first-order chi connectivity index (χ1) is 25.2. The van der Waals surface area contributed by atoms with Crippen molar-refractivity contribution in [2.24, 2.45) is 11.8 Å². The van der Waals surface area contributed by atoms with E-state index in [4.69, 9.17) is 14.2 Å². The molecule has 0 aliphatic carbocycles. The molecule has 0 amide bonds. The summed E-state index contributed by atoms with van der Waals surface area (Å²) in [6.45, 7) is 11.2. The van der Waals surface area contributed by atoms with E-state index in [1.165, 1.54) is 135 Å². The molecule has 0 fully saturated rings. The largest absolute Gasteiger partial charge is 0.462 e. The minimum Gasteiger partial charge on any atom is -0.462 e. The molecule has 0 saturated heterocycles. The van der Waals surface area contributed by atoms with Crippen molar-refractivity contribution in [2.75, 3.05) is 13.2 Å². The zero-order valence-electron chi connectivity index (χ0n) is 35.4. The third-order valence-electron chi connectivity index (χ3n) is 10.2. The van der Waals surface area contributed by atoms with Crippen LogP contribution in [0.1, 0.15) is 247 Å². The van der Waals surface area contributed by atoms with Crippen LogP contribution < -0.4 is 0 Å². The number of hydrogen-bond acceptors (Lipinski definition) is 6. The van der Waals surface area contributed by atoms with E-state index in [-0.39, 0.29) is 31.1 Å². The second-order valence-electron chi connectivity index (χ2n) is 16.6. The molecular weight excluding hydrogens is 648 g/mol. The molecule has 0 spiro atoms. The van der Waals surface area contributed by atoms with Crippen LogP contribution in [0, 0.1) is 11.8 Å². The van der Waals surface area contributed by atoms with Gasteiger partial charge in [-0.2, -0.15) is 0 Å². The van der Waals surface area contributed by atoms with Gasteiger partial charge in [-0.05, 0) is 31.1 Å². The van der Waals surface area contributed by atoms with Gasteiger partial charge < -0.3 is 14.2 Å². The lowest BCUT2D eigenvalue weighted by molar-refractivity contribution is -0.167. The highest BCUT2D eigenvalue weighted by Gasteiger charge is 2.19. The minimum atomic E-state index is -0.761. The second-order valence-corrected chi connectivity index (χ2v) is 16.6. The number of esters is 3. The van der Waals surface area contributed by atoms with Crippen molar-refractivity contribution in [3.63, 3.8) is 0 Å². The molecule has 0 aromatic rings. The summed E-state index contributed by atoms with van der Waals surface area (Å²) in [5.74, 6) is 0.704. The average Bonchev–Trinajstić information content (AvgIpc) is 3.11. The maximum absolute atomic E-state index is 12.7. The van der Waals surface area contributed by atoms with Gasteiger partial charge in [0.25, 0.3) is 0 Å². The smallest absolute Gasteiger partial charge is 0.306 e. The summed E-state index contributed by atoms with van der Waals surface area (Å²) in [6, 6.07) is 0. The first kappa shape index (κ1) is 50.4. The SMILES string of the molecule is CCCCCCCCCCCCCCCC(=O)OC[C@H](COC(=O)CCCCCCCCCCCC(C)C)OC(=O)CCCCCCCCC(C)C. The molecule has 0 unspecified atom stereocenters. The fourth-order valence-corrected chi connectivity index (χ4v) is 6.75. The molecule has 0 aromatic carbocycles. The molecule has 0 radical (unpaired) electrons. The van der Waals surface area contributed by atoms with E-state index in [9.17, 15) is 14.4 Å². The number of carbonyl (C=O) groups is 3. The number of ether oxygens (including phenoxy) is 3. The molecule has 0 aliphatic rings. The summed E-state index contributed by atoms with van der Waals surface area (Å²) in [6.07, 6.45) is 36.7. The predicted octanol–water partition coefficient (Wildman–Crippen LogP) is 14.2. The summed E-state index contributed by atoms with van der Waals surface area (Å²) < 4.78 is 16.7. The lowest BCUT2D eigenvalue weighted by Crippen LogP contribution is -2.30. The van der Waals surface area contributed by atoms with Crippen molar-refractivity contribution in [1.82, 2.24) is 0 Å². The Morgan fingerprint density at radius 1 is 0.365 bits per heavy atom. The van der Waals surface area contributed by atoms with Crippen LogP contribution in [0.25, 0.3) is 0 Å². The summed E-state index contributed by atoms with van der Waals surface area (Å²) in [5, 5.41) is 0. The summed E-state index contributed by atoms with van der Waals surface area (Å²) >= 11 is 0. The van der Waals surface area contributed by atoms with Gasteiger partial charge in [0.05, 0.1) is 0 Å². The third-order valence-corrected chi connectivity index (χ3v) is 10.2. The molecule has 0 heterocycles. The molecule has 0 bridgehead atoms. The van der Waals surface area contributed by atoms with Crippen molar-refractivity contribution in [3.05, 3.63) is 0 Å². The quantitative estimate of drug-likeness (QED) is 0.0354. The third kappa shape index (κ3) is 39.6. The van der Waals surface area contributed by atoms with Gasteiger partial charge in [0.2, 0.25) is 0 Å². The molecule has 0 N–H and O–H groups in total. The van der Waals surface area contributed by atoms with Gasteiger partial charge in [0.15, 0.2) is 6.10 Å². The predicted molar refractivity (Wildman–Crippen MR) is 220 cm³/mol. The maximum atomic E-state index is 12.7. The fourth-order valence-electron chi connectivity index (χ4n) is 6.75. The summed E-state index contributed by atoms with van der Waals surface area (Å²) in [4.78, 5) is 37.6. The van der Waals surface area contributed by atoms with Gasteiger partial charge in [-0.3, -0.25) is 14.4 Å². The monoisotopic (exact) mass is 737 g/mol. The van der Waals surface area contributed by atoms with Crippen molar-refractivity contribution in [2.45, 2.75) is 253 Å². The van der Waals surface area contributed by atoms with Gasteiger partial charge in [-0.15, -0.1) is 0 Å². The van der Waals surface area contributed by atoms with E-state index < -0.39 is 6.10 Å². The number of unbranched alkanes of at least 4 members (excludes halogenated alkanes) is 25. The van der Waals surface area contributed by atoms with Crippen molar-refractivity contribution >= 4 is 17.9 Å². The Balaban J connectivity index is 4.31. The van der Waals surface area contributed by atoms with Crippen LogP contribution >= 0.6 is 0 Å². The first-order valence-corrected chi connectivity index (χ1v) is 22.7. The Hall–Kier alpha value is -1.59. The van der Waals surface area contributed by atoms with Crippen LogP contribution in [0.15, 0.2) is 0 Å². The van der Waals surface area contributed by atoms with Crippen LogP contribution in [-0.2, 0) is 28.6 Å². The molecule has 0 saturated carbocycles. The number of hydrogen-bond donors (Lipinski definition) is 0. The topological polar surface area (TPSA) is 78.9 Å². The molecule has 0 rings (SSSR count). The van der Waals surface area contributed by atoms with E-state index in [1.807, 2.05) is 0 Å². The highest BCUT2D eigenvalue weighted by atomic mass is 16.6. The van der Waals surface area contributed by atoms with E-state index in [1.54, 1.807) is 0 Å². The summed E-state index contributed by atoms with van der Waals surface area (Å²) in [5.41, 5.74) is 0. The highest BCUT2D eigenvalue weighted by Crippen LogP contribution is 2.16. The first-order valence-electron chi connectivity index (χ1n) is 22.7. The normalized spacial score (nSPS) is 12.1. The van der Waals surface area contributed by atoms with E-state index in [2.05, 4.69) is 34.6 Å². The molecule has 52 heavy (non-hydrogen) atoms. The zero-order chi connectivity index (χ0) is 38.3. The fraction of sp³-hybridized carbons (Fsp3) is 0.935. The maximum Gasteiger partial charge on any atom is 0.306 e. The van der Waals surface area contributed by atoms with E-state index in [0.29, 0.717) is 19.3 Å². The van der Waals surface area contributed by atoms with Crippen LogP contribution in [0.3, 0.4) is 0 Å². The molecule has 0 aromatic heterocycles. The molecule has 1 atom stereocenters. The lowest BCUT2D eigenvalue weighted by Gasteiger charge is -2.18. The van der Waals surface area contributed by atoms with E-state index >= 15 is 0 Å². The van der Waals surface area contributed by atoms with Crippen molar-refractivity contribution in [3.8, 4) is 0 Å². The molecule has 0 aliphatic heterocycles. The van der Waals surface area contributed by atoms with Crippen LogP contribution in [0.5, 0.6) is 0 Å². The number of carbonyl (C=O) groups excluding carboxylic acids is 3. The molecule has 6 nitrogen and oxygen atoms in total. The van der Waals surface area contributed by atoms with Crippen molar-refractivity contribution in [1.29, 1.82) is 0 Å². The number of rotatable bonds is 40. The Morgan fingerprint density at radius 2 is 0.635 bits per heavy atom. The van der Waals surface area contributed by atoms with Crippen molar-refractivity contribution < 1.29 is 28.6 Å². The molecule has 308 valence electrons. The molecular formula is C46H88O6. The van der Waals surface area contributed by atoms with Gasteiger partial charge >= 0.3 is 17.9 Å². The lowest BCUT2D eigenvalue weighted by atomic mass is 10.0. The molecule has 6 heteroatoms. The standard InChI is InChI=1S/C46H88O6/c1-6-7-8-9-10-11-12-13-14-17-20-26-31-36-44(47)50-39-43(52-46(49)38-33-28-23-22-25-30-35-42(4)5)40-51-45(48)37-32-27-21-18-15-16-19-24-29-34-41(2)3/h41-43H,6-40H2,1-5H3/t43-/m1/s1. The van der Waals surface area contributed by atoms with Gasteiger partial charge in [-0.25, -0.2) is 0 Å². The Labute approximate surface area is 323 Å².